The molecule has 4 aromatic heterocycles. The summed E-state index contributed by atoms with van der Waals surface area (Å²) in [6.07, 6.45) is 1.91. The number of hydrogen-bond donors (Lipinski definition) is 0. The molecule has 204 valence electrons. The number of fused-ring (bicyclic) bond motifs is 13. The van der Waals surface area contributed by atoms with Gasteiger partial charge in [-0.2, -0.15) is 0 Å². The van der Waals surface area contributed by atoms with E-state index in [1.807, 2.05) is 29.7 Å². The molecule has 0 atom stereocenters. The maximum atomic E-state index is 5.35. The van der Waals surface area contributed by atoms with E-state index in [4.69, 9.17) is 15.0 Å². The van der Waals surface area contributed by atoms with Crippen LogP contribution in [0.15, 0.2) is 134 Å². The van der Waals surface area contributed by atoms with Crippen molar-refractivity contribution < 1.29 is 0 Å². The summed E-state index contributed by atoms with van der Waals surface area (Å²) < 4.78 is 4.76. The van der Waals surface area contributed by atoms with Crippen LogP contribution in [0.4, 0.5) is 0 Å². The van der Waals surface area contributed by atoms with Gasteiger partial charge in [-0.15, -0.1) is 11.3 Å². The fourth-order valence-electron chi connectivity index (χ4n) is 6.95. The third kappa shape index (κ3) is 3.19. The van der Waals surface area contributed by atoms with Crippen LogP contribution in [0, 0.1) is 0 Å². The van der Waals surface area contributed by atoms with E-state index in [0.29, 0.717) is 5.95 Å². The minimum atomic E-state index is 0.665. The molecule has 10 aromatic rings. The van der Waals surface area contributed by atoms with Gasteiger partial charge in [0.15, 0.2) is 0 Å². The molecule has 4 heterocycles. The van der Waals surface area contributed by atoms with E-state index in [2.05, 4.69) is 120 Å². The van der Waals surface area contributed by atoms with Gasteiger partial charge in [-0.1, -0.05) is 109 Å². The molecule has 0 saturated heterocycles. The quantitative estimate of drug-likeness (QED) is 0.205. The largest absolute Gasteiger partial charge is 0.277 e. The summed E-state index contributed by atoms with van der Waals surface area (Å²) in [5, 5.41) is 9.47. The van der Waals surface area contributed by atoms with E-state index >= 15 is 0 Å². The topological polar surface area (TPSA) is 43.6 Å². The number of pyridine rings is 1. The maximum Gasteiger partial charge on any atom is 0.235 e. The minimum absolute atomic E-state index is 0.665. The number of benzene rings is 6. The number of nitrogens with zero attached hydrogens (tertiary/aromatic N) is 4. The lowest BCUT2D eigenvalue weighted by Crippen LogP contribution is -2.03. The van der Waals surface area contributed by atoms with Gasteiger partial charge in [0.1, 0.15) is 0 Å². The Balaban J connectivity index is 1.47. The second-order valence-electron chi connectivity index (χ2n) is 11.2. The van der Waals surface area contributed by atoms with Crippen LogP contribution in [0.25, 0.3) is 91.8 Å². The molecule has 0 spiro atoms. The third-order valence-electron chi connectivity index (χ3n) is 8.82. The highest BCUT2D eigenvalue weighted by atomic mass is 32.1. The molecular formula is C39H22N4S. The summed E-state index contributed by atoms with van der Waals surface area (Å²) in [6, 6.07) is 44.8. The van der Waals surface area contributed by atoms with Gasteiger partial charge in [0.2, 0.25) is 5.95 Å². The Labute approximate surface area is 255 Å². The van der Waals surface area contributed by atoms with Gasteiger partial charge >= 0.3 is 0 Å². The average molecular weight is 579 g/mol. The Bertz CT molecular complexity index is 2780. The van der Waals surface area contributed by atoms with Crippen molar-refractivity contribution in [3.8, 4) is 17.2 Å². The number of thiophene rings is 1. The first-order valence-electron chi connectivity index (χ1n) is 14.7. The predicted molar refractivity (Wildman–Crippen MR) is 185 cm³/mol. The van der Waals surface area contributed by atoms with Crippen LogP contribution >= 0.6 is 11.3 Å². The second kappa shape index (κ2) is 8.93. The van der Waals surface area contributed by atoms with Crippen molar-refractivity contribution in [2.45, 2.75) is 0 Å². The molecule has 0 aliphatic heterocycles. The van der Waals surface area contributed by atoms with Crippen LogP contribution in [0.1, 0.15) is 0 Å². The van der Waals surface area contributed by atoms with Gasteiger partial charge in [-0.05, 0) is 29.0 Å². The Morgan fingerprint density at radius 1 is 0.523 bits per heavy atom. The molecule has 44 heavy (non-hydrogen) atoms. The lowest BCUT2D eigenvalue weighted by Gasteiger charge is -2.12. The molecule has 0 unspecified atom stereocenters. The number of aromatic nitrogens is 4. The van der Waals surface area contributed by atoms with E-state index in [0.717, 1.165) is 44.1 Å². The van der Waals surface area contributed by atoms with E-state index < -0.39 is 0 Å². The van der Waals surface area contributed by atoms with Crippen molar-refractivity contribution in [2.75, 3.05) is 0 Å². The van der Waals surface area contributed by atoms with E-state index in [1.165, 1.54) is 41.7 Å². The normalized spacial score (nSPS) is 12.1. The monoisotopic (exact) mass is 578 g/mol. The molecule has 5 heteroatoms. The first-order chi connectivity index (χ1) is 21.8. The molecule has 4 nitrogen and oxygen atoms in total. The fourth-order valence-corrected chi connectivity index (χ4v) is 8.30. The molecule has 0 aliphatic carbocycles. The van der Waals surface area contributed by atoms with Crippen molar-refractivity contribution in [2.24, 2.45) is 0 Å². The SMILES string of the molecule is c1ccc(-c2nc(-n3c4ccccc4c4c5cccnc5c5sc6c7ccccc7ccc6c5c43)nc3ccccc23)cc1. The van der Waals surface area contributed by atoms with Gasteiger partial charge < -0.3 is 0 Å². The highest BCUT2D eigenvalue weighted by Gasteiger charge is 2.24. The standard InChI is InChI=1S/C39H22N4S/c1-2-12-24(13-3-1)34-26-15-6-8-18-30(26)41-39(42-34)43-31-19-9-7-16-27(31)32-28-17-10-22-40-35(28)38-33(36(32)43)29-21-20-23-11-4-5-14-25(23)37(29)44-38/h1-22H. The van der Waals surface area contributed by atoms with E-state index in [1.54, 1.807) is 0 Å². The van der Waals surface area contributed by atoms with Crippen LogP contribution in [0.2, 0.25) is 0 Å². The summed E-state index contributed by atoms with van der Waals surface area (Å²) >= 11 is 1.84. The molecular weight excluding hydrogens is 557 g/mol. The lowest BCUT2D eigenvalue weighted by molar-refractivity contribution is 1.02. The van der Waals surface area contributed by atoms with Crippen LogP contribution < -0.4 is 0 Å². The van der Waals surface area contributed by atoms with Crippen molar-refractivity contribution in [3.05, 3.63) is 134 Å². The van der Waals surface area contributed by atoms with Gasteiger partial charge in [0, 0.05) is 48.8 Å². The second-order valence-corrected chi connectivity index (χ2v) is 12.2. The molecule has 6 aromatic carbocycles. The first-order valence-corrected chi connectivity index (χ1v) is 15.5. The average Bonchev–Trinajstić information content (AvgIpc) is 3.65. The number of hydrogen-bond acceptors (Lipinski definition) is 4. The van der Waals surface area contributed by atoms with Crippen molar-refractivity contribution >= 4 is 85.9 Å². The molecule has 10 rings (SSSR count). The minimum Gasteiger partial charge on any atom is -0.277 e. The summed E-state index contributed by atoms with van der Waals surface area (Å²) in [5.41, 5.74) is 6.15. The van der Waals surface area contributed by atoms with Crippen LogP contribution in [0.3, 0.4) is 0 Å². The summed E-state index contributed by atoms with van der Waals surface area (Å²) in [6.45, 7) is 0. The zero-order valence-corrected chi connectivity index (χ0v) is 24.2. The zero-order valence-electron chi connectivity index (χ0n) is 23.4. The van der Waals surface area contributed by atoms with Crippen molar-refractivity contribution in [1.29, 1.82) is 0 Å². The zero-order chi connectivity index (χ0) is 28.8. The smallest absolute Gasteiger partial charge is 0.235 e. The summed E-state index contributed by atoms with van der Waals surface area (Å²) in [5.74, 6) is 0.665. The molecule has 0 saturated carbocycles. The predicted octanol–water partition coefficient (Wildman–Crippen LogP) is 10.5. The molecule has 0 bridgehead atoms. The van der Waals surface area contributed by atoms with Gasteiger partial charge in [-0.25, -0.2) is 9.97 Å². The highest BCUT2D eigenvalue weighted by Crippen LogP contribution is 2.48. The Morgan fingerprint density at radius 2 is 1.27 bits per heavy atom. The van der Waals surface area contributed by atoms with Crippen LogP contribution in [0.5, 0.6) is 0 Å². The molecule has 0 fully saturated rings. The summed E-state index contributed by atoms with van der Waals surface area (Å²) in [4.78, 5) is 15.6. The van der Waals surface area contributed by atoms with Crippen molar-refractivity contribution in [1.82, 2.24) is 19.5 Å². The van der Waals surface area contributed by atoms with Crippen LogP contribution in [-0.2, 0) is 0 Å². The summed E-state index contributed by atoms with van der Waals surface area (Å²) in [7, 11) is 0. The molecule has 0 N–H and O–H groups in total. The number of para-hydroxylation sites is 2. The maximum absolute atomic E-state index is 5.35. The Morgan fingerprint density at radius 3 is 2.18 bits per heavy atom. The third-order valence-corrected chi connectivity index (χ3v) is 10.1. The molecule has 0 radical (unpaired) electrons. The van der Waals surface area contributed by atoms with Crippen LogP contribution in [-0.4, -0.2) is 19.5 Å². The Hall–Kier alpha value is -5.65. The van der Waals surface area contributed by atoms with Gasteiger partial charge in [-0.3, -0.25) is 9.55 Å². The van der Waals surface area contributed by atoms with E-state index in [9.17, 15) is 0 Å². The number of rotatable bonds is 2. The molecule has 0 amide bonds. The van der Waals surface area contributed by atoms with Gasteiger partial charge in [0.05, 0.1) is 32.5 Å². The lowest BCUT2D eigenvalue weighted by atomic mass is 10.0. The van der Waals surface area contributed by atoms with E-state index in [-0.39, 0.29) is 0 Å². The Kier molecular flexibility index (Phi) is 4.84. The fraction of sp³-hybridized carbons (Fsp3) is 0. The van der Waals surface area contributed by atoms with Gasteiger partial charge in [0.25, 0.3) is 0 Å². The van der Waals surface area contributed by atoms with Crippen molar-refractivity contribution in [3.63, 3.8) is 0 Å². The first kappa shape index (κ1) is 23.9. The highest BCUT2D eigenvalue weighted by molar-refractivity contribution is 7.27. The molecule has 0 aliphatic rings.